The van der Waals surface area contributed by atoms with Gasteiger partial charge in [0.15, 0.2) is 0 Å². The standard InChI is InChI=1S/C17H28N2O6/c1-3-25-16(21)11-15(20)13-4-5-19(17(22)23-2)14(10-13)12-18-6-8-24-9-7-18/h13-14H,3-12H2,1-2H3. The van der Waals surface area contributed by atoms with E-state index in [9.17, 15) is 14.4 Å². The van der Waals surface area contributed by atoms with Crippen LogP contribution >= 0.6 is 0 Å². The topological polar surface area (TPSA) is 85.4 Å². The van der Waals surface area contributed by atoms with Gasteiger partial charge in [-0.05, 0) is 19.8 Å². The summed E-state index contributed by atoms with van der Waals surface area (Å²) in [4.78, 5) is 40.0. The Balaban J connectivity index is 1.98. The number of esters is 1. The Labute approximate surface area is 148 Å². The molecule has 0 saturated carbocycles. The molecule has 0 aromatic carbocycles. The van der Waals surface area contributed by atoms with Crippen molar-refractivity contribution < 1.29 is 28.6 Å². The Morgan fingerprint density at radius 3 is 2.52 bits per heavy atom. The molecule has 0 aromatic heterocycles. The number of piperidine rings is 1. The second-order valence-electron chi connectivity index (χ2n) is 6.40. The molecule has 1 amide bonds. The van der Waals surface area contributed by atoms with Crippen molar-refractivity contribution in [3.8, 4) is 0 Å². The summed E-state index contributed by atoms with van der Waals surface area (Å²) < 4.78 is 15.1. The molecule has 2 atom stereocenters. The summed E-state index contributed by atoms with van der Waals surface area (Å²) in [6.45, 7) is 6.11. The highest BCUT2D eigenvalue weighted by molar-refractivity contribution is 5.96. The molecule has 0 bridgehead atoms. The fourth-order valence-corrected chi connectivity index (χ4v) is 3.45. The molecule has 2 heterocycles. The van der Waals surface area contributed by atoms with Crippen molar-refractivity contribution in [2.75, 3.05) is 53.1 Å². The minimum Gasteiger partial charge on any atom is -0.466 e. The lowest BCUT2D eigenvalue weighted by molar-refractivity contribution is -0.146. The van der Waals surface area contributed by atoms with E-state index >= 15 is 0 Å². The Hall–Kier alpha value is -1.67. The fourth-order valence-electron chi connectivity index (χ4n) is 3.45. The van der Waals surface area contributed by atoms with Gasteiger partial charge in [0.05, 0.1) is 26.9 Å². The molecule has 142 valence electrons. The molecule has 2 rings (SSSR count). The number of methoxy groups -OCH3 is 1. The molecule has 2 aliphatic rings. The first-order valence-electron chi connectivity index (χ1n) is 8.88. The second kappa shape index (κ2) is 9.72. The number of ketones is 1. The van der Waals surface area contributed by atoms with Crippen LogP contribution in [0.25, 0.3) is 0 Å². The van der Waals surface area contributed by atoms with Crippen molar-refractivity contribution in [3.05, 3.63) is 0 Å². The maximum atomic E-state index is 12.4. The van der Waals surface area contributed by atoms with Gasteiger partial charge in [0.2, 0.25) is 0 Å². The third-order valence-corrected chi connectivity index (χ3v) is 4.78. The van der Waals surface area contributed by atoms with E-state index in [0.29, 0.717) is 39.1 Å². The first-order valence-corrected chi connectivity index (χ1v) is 8.88. The van der Waals surface area contributed by atoms with Gasteiger partial charge in [-0.3, -0.25) is 14.5 Å². The van der Waals surface area contributed by atoms with Gasteiger partial charge in [-0.1, -0.05) is 0 Å². The third kappa shape index (κ3) is 5.67. The monoisotopic (exact) mass is 356 g/mol. The average molecular weight is 356 g/mol. The molecule has 25 heavy (non-hydrogen) atoms. The van der Waals surface area contributed by atoms with Gasteiger partial charge in [0.1, 0.15) is 12.2 Å². The van der Waals surface area contributed by atoms with E-state index in [1.807, 2.05) is 0 Å². The van der Waals surface area contributed by atoms with Crippen LogP contribution in [-0.4, -0.2) is 86.8 Å². The molecule has 0 radical (unpaired) electrons. The van der Waals surface area contributed by atoms with Crippen LogP contribution in [0.2, 0.25) is 0 Å². The van der Waals surface area contributed by atoms with Crippen molar-refractivity contribution in [1.82, 2.24) is 9.80 Å². The SMILES string of the molecule is CCOC(=O)CC(=O)C1CCN(C(=O)OC)C(CN2CCOCC2)C1. The number of hydrogen-bond acceptors (Lipinski definition) is 7. The highest BCUT2D eigenvalue weighted by Gasteiger charge is 2.36. The van der Waals surface area contributed by atoms with Gasteiger partial charge in [-0.2, -0.15) is 0 Å². The van der Waals surface area contributed by atoms with E-state index in [-0.39, 0.29) is 36.9 Å². The largest absolute Gasteiger partial charge is 0.466 e. The molecular weight excluding hydrogens is 328 g/mol. The normalized spacial score (nSPS) is 24.6. The zero-order chi connectivity index (χ0) is 18.2. The van der Waals surface area contributed by atoms with E-state index in [2.05, 4.69) is 4.90 Å². The highest BCUT2D eigenvalue weighted by atomic mass is 16.5. The van der Waals surface area contributed by atoms with Crippen LogP contribution in [0.5, 0.6) is 0 Å². The summed E-state index contributed by atoms with van der Waals surface area (Å²) in [5.41, 5.74) is 0. The van der Waals surface area contributed by atoms with Crippen molar-refractivity contribution in [1.29, 1.82) is 0 Å². The van der Waals surface area contributed by atoms with Crippen molar-refractivity contribution in [2.24, 2.45) is 5.92 Å². The van der Waals surface area contributed by atoms with Crippen LogP contribution in [-0.2, 0) is 23.8 Å². The summed E-state index contributed by atoms with van der Waals surface area (Å²) in [7, 11) is 1.37. The maximum absolute atomic E-state index is 12.4. The summed E-state index contributed by atoms with van der Waals surface area (Å²) in [6.07, 6.45) is 0.535. The van der Waals surface area contributed by atoms with E-state index in [1.165, 1.54) is 7.11 Å². The molecular formula is C17H28N2O6. The molecule has 2 fully saturated rings. The minimum atomic E-state index is -0.479. The molecule has 8 heteroatoms. The number of hydrogen-bond donors (Lipinski definition) is 0. The first kappa shape index (κ1) is 19.7. The molecule has 2 aliphatic heterocycles. The predicted molar refractivity (Wildman–Crippen MR) is 89.1 cm³/mol. The third-order valence-electron chi connectivity index (χ3n) is 4.78. The van der Waals surface area contributed by atoms with Crippen molar-refractivity contribution in [3.63, 3.8) is 0 Å². The van der Waals surface area contributed by atoms with Crippen LogP contribution in [0.3, 0.4) is 0 Å². The second-order valence-corrected chi connectivity index (χ2v) is 6.40. The Kier molecular flexibility index (Phi) is 7.64. The Morgan fingerprint density at radius 2 is 1.88 bits per heavy atom. The van der Waals surface area contributed by atoms with Crippen LogP contribution in [0, 0.1) is 5.92 Å². The fraction of sp³-hybridized carbons (Fsp3) is 0.824. The van der Waals surface area contributed by atoms with Crippen LogP contribution in [0.4, 0.5) is 4.79 Å². The average Bonchev–Trinajstić information content (AvgIpc) is 2.62. The van der Waals surface area contributed by atoms with E-state index in [4.69, 9.17) is 14.2 Å². The lowest BCUT2D eigenvalue weighted by atomic mass is 9.86. The number of carbonyl (C=O) groups excluding carboxylic acids is 3. The number of amides is 1. The van der Waals surface area contributed by atoms with E-state index < -0.39 is 5.97 Å². The molecule has 0 aromatic rings. The van der Waals surface area contributed by atoms with Crippen LogP contribution in [0.15, 0.2) is 0 Å². The number of ether oxygens (including phenoxy) is 3. The van der Waals surface area contributed by atoms with Crippen molar-refractivity contribution in [2.45, 2.75) is 32.2 Å². The highest BCUT2D eigenvalue weighted by Crippen LogP contribution is 2.26. The van der Waals surface area contributed by atoms with E-state index in [1.54, 1.807) is 11.8 Å². The zero-order valence-corrected chi connectivity index (χ0v) is 15.1. The van der Waals surface area contributed by atoms with Gasteiger partial charge >= 0.3 is 12.1 Å². The van der Waals surface area contributed by atoms with Crippen molar-refractivity contribution >= 4 is 17.8 Å². The number of carbonyl (C=O) groups is 3. The predicted octanol–water partition coefficient (Wildman–Crippen LogP) is 0.688. The minimum absolute atomic E-state index is 0.101. The number of nitrogens with zero attached hydrogens (tertiary/aromatic N) is 2. The van der Waals surface area contributed by atoms with Gasteiger partial charge in [-0.25, -0.2) is 4.79 Å². The number of rotatable bonds is 6. The van der Waals surface area contributed by atoms with Gasteiger partial charge in [-0.15, -0.1) is 0 Å². The Morgan fingerprint density at radius 1 is 1.16 bits per heavy atom. The maximum Gasteiger partial charge on any atom is 0.409 e. The number of Topliss-reactive ketones (excluding diaryl/α,β-unsaturated/α-hetero) is 1. The van der Waals surface area contributed by atoms with Gasteiger partial charge < -0.3 is 19.1 Å². The molecule has 0 spiro atoms. The molecule has 8 nitrogen and oxygen atoms in total. The smallest absolute Gasteiger partial charge is 0.409 e. The quantitative estimate of drug-likeness (QED) is 0.511. The molecule has 2 unspecified atom stereocenters. The number of morpholine rings is 1. The molecule has 2 saturated heterocycles. The Bertz CT molecular complexity index is 478. The summed E-state index contributed by atoms with van der Waals surface area (Å²) in [5, 5.41) is 0. The summed E-state index contributed by atoms with van der Waals surface area (Å²) >= 11 is 0. The van der Waals surface area contributed by atoms with Gasteiger partial charge in [0, 0.05) is 38.1 Å². The zero-order valence-electron chi connectivity index (χ0n) is 15.1. The molecule has 0 aliphatic carbocycles. The van der Waals surface area contributed by atoms with Crippen LogP contribution in [0.1, 0.15) is 26.2 Å². The molecule has 0 N–H and O–H groups in total. The van der Waals surface area contributed by atoms with Crippen LogP contribution < -0.4 is 0 Å². The number of likely N-dealkylation sites (tertiary alicyclic amines) is 1. The first-order chi connectivity index (χ1) is 12.0. The summed E-state index contributed by atoms with van der Waals surface area (Å²) in [6, 6.07) is -0.101. The lowest BCUT2D eigenvalue weighted by Gasteiger charge is -2.41. The van der Waals surface area contributed by atoms with E-state index in [0.717, 1.165) is 13.1 Å². The summed E-state index contributed by atoms with van der Waals surface area (Å²) in [5.74, 6) is -0.807. The lowest BCUT2D eigenvalue weighted by Crippen LogP contribution is -2.53. The van der Waals surface area contributed by atoms with Gasteiger partial charge in [0.25, 0.3) is 0 Å².